The molecule has 1 aliphatic rings. The molecular formula is C23H25ClN4O3. The molecule has 162 valence electrons. The molecule has 0 bridgehead atoms. The summed E-state index contributed by atoms with van der Waals surface area (Å²) in [5.74, 6) is -0.168. The molecule has 3 rings (SSSR count). The van der Waals surface area contributed by atoms with E-state index in [1.807, 2.05) is 60.7 Å². The maximum atomic E-state index is 12.4. The number of hydrogen-bond acceptors (Lipinski definition) is 4. The van der Waals surface area contributed by atoms with Crippen LogP contribution in [0.2, 0.25) is 5.02 Å². The number of nitrogens with one attached hydrogen (secondary N) is 2. The number of amides is 3. The van der Waals surface area contributed by atoms with Gasteiger partial charge in [0.1, 0.15) is 0 Å². The molecule has 0 atom stereocenters. The lowest BCUT2D eigenvalue weighted by Gasteiger charge is -2.24. The van der Waals surface area contributed by atoms with Gasteiger partial charge in [0.05, 0.1) is 19.7 Å². The molecule has 3 amide bonds. The average molecular weight is 441 g/mol. The van der Waals surface area contributed by atoms with E-state index < -0.39 is 0 Å². The molecule has 0 spiro atoms. The van der Waals surface area contributed by atoms with Crippen molar-refractivity contribution in [1.29, 1.82) is 0 Å². The average Bonchev–Trinajstić information content (AvgIpc) is 2.80. The van der Waals surface area contributed by atoms with Gasteiger partial charge in [-0.25, -0.2) is 15.7 Å². The number of carbonyl (C=O) groups excluding carboxylic acids is 2. The van der Waals surface area contributed by atoms with Gasteiger partial charge in [-0.2, -0.15) is 0 Å². The fourth-order valence-corrected chi connectivity index (χ4v) is 3.21. The third kappa shape index (κ3) is 6.68. The monoisotopic (exact) mass is 440 g/mol. The van der Waals surface area contributed by atoms with Crippen molar-refractivity contribution >= 4 is 29.1 Å². The van der Waals surface area contributed by atoms with Gasteiger partial charge in [0.15, 0.2) is 0 Å². The number of urea groups is 1. The Hall–Kier alpha value is -3.13. The highest BCUT2D eigenvalue weighted by Crippen LogP contribution is 2.19. The molecule has 2 aromatic rings. The van der Waals surface area contributed by atoms with Crippen molar-refractivity contribution in [1.82, 2.24) is 20.8 Å². The number of nitrogens with zero attached hydrogens (tertiary/aromatic N) is 2. The van der Waals surface area contributed by atoms with E-state index in [2.05, 4.69) is 10.9 Å². The van der Waals surface area contributed by atoms with Crippen LogP contribution in [0.25, 0.3) is 5.57 Å². The van der Waals surface area contributed by atoms with Crippen LogP contribution in [0, 0.1) is 0 Å². The summed E-state index contributed by atoms with van der Waals surface area (Å²) in [6.45, 7) is 2.67. The number of halogens is 1. The highest BCUT2D eigenvalue weighted by Gasteiger charge is 2.16. The summed E-state index contributed by atoms with van der Waals surface area (Å²) < 4.78 is 0. The lowest BCUT2D eigenvalue weighted by molar-refractivity contribution is -0.133. The summed E-state index contributed by atoms with van der Waals surface area (Å²) in [4.78, 5) is 31.1. The van der Waals surface area contributed by atoms with Crippen LogP contribution >= 0.6 is 11.6 Å². The standard InChI is InChI=1S/C23H25ClN4O3/c1-18(29)28(25-16-20-10-5-6-12-22(20)24)14-15-31-26-23(30)27-13-7-11-21(17-27)19-8-3-2-4-9-19/h2-13,25H,14-17H2,1H3,(H,26,30). The van der Waals surface area contributed by atoms with Gasteiger partial charge in [0, 0.05) is 24.7 Å². The van der Waals surface area contributed by atoms with E-state index in [9.17, 15) is 9.59 Å². The summed E-state index contributed by atoms with van der Waals surface area (Å²) >= 11 is 6.14. The zero-order valence-corrected chi connectivity index (χ0v) is 18.0. The van der Waals surface area contributed by atoms with Gasteiger partial charge in [0.25, 0.3) is 0 Å². The molecule has 2 aromatic carbocycles. The van der Waals surface area contributed by atoms with Gasteiger partial charge in [-0.15, -0.1) is 0 Å². The third-order valence-electron chi connectivity index (χ3n) is 4.68. The van der Waals surface area contributed by atoms with E-state index in [-0.39, 0.29) is 25.1 Å². The molecule has 7 nitrogen and oxygen atoms in total. The minimum atomic E-state index is -0.379. The molecule has 0 saturated carbocycles. The fraction of sp³-hybridized carbons (Fsp3) is 0.217. The zero-order chi connectivity index (χ0) is 22.1. The quantitative estimate of drug-likeness (QED) is 0.484. The zero-order valence-electron chi connectivity index (χ0n) is 17.3. The molecule has 0 fully saturated rings. The lowest BCUT2D eigenvalue weighted by Crippen LogP contribution is -2.44. The summed E-state index contributed by atoms with van der Waals surface area (Å²) in [6.07, 6.45) is 5.50. The Morgan fingerprint density at radius 3 is 2.61 bits per heavy atom. The number of hydroxylamine groups is 1. The van der Waals surface area contributed by atoms with Crippen molar-refractivity contribution in [2.75, 3.05) is 19.7 Å². The van der Waals surface area contributed by atoms with Gasteiger partial charge in [-0.1, -0.05) is 66.2 Å². The second-order valence-corrected chi connectivity index (χ2v) is 7.29. The smallest absolute Gasteiger partial charge is 0.295 e. The third-order valence-corrected chi connectivity index (χ3v) is 5.05. The van der Waals surface area contributed by atoms with Crippen LogP contribution in [0.4, 0.5) is 4.79 Å². The Kier molecular flexibility index (Phi) is 8.23. The topological polar surface area (TPSA) is 73.9 Å². The van der Waals surface area contributed by atoms with E-state index >= 15 is 0 Å². The first-order valence-electron chi connectivity index (χ1n) is 9.91. The second kappa shape index (κ2) is 11.3. The van der Waals surface area contributed by atoms with E-state index in [4.69, 9.17) is 16.4 Å². The lowest BCUT2D eigenvalue weighted by atomic mass is 10.0. The normalized spacial score (nSPS) is 13.0. The van der Waals surface area contributed by atoms with Gasteiger partial charge in [-0.3, -0.25) is 19.5 Å². The summed E-state index contributed by atoms with van der Waals surface area (Å²) in [7, 11) is 0. The van der Waals surface area contributed by atoms with Crippen molar-refractivity contribution < 1.29 is 14.4 Å². The maximum absolute atomic E-state index is 12.4. The van der Waals surface area contributed by atoms with Gasteiger partial charge in [-0.05, 0) is 28.8 Å². The Balaban J connectivity index is 1.42. The molecule has 8 heteroatoms. The number of benzene rings is 2. The molecule has 1 aliphatic heterocycles. The first-order valence-corrected chi connectivity index (χ1v) is 10.3. The van der Waals surface area contributed by atoms with Crippen LogP contribution in [0.5, 0.6) is 0 Å². The van der Waals surface area contributed by atoms with E-state index in [0.29, 0.717) is 18.1 Å². The van der Waals surface area contributed by atoms with Crippen molar-refractivity contribution in [3.8, 4) is 0 Å². The van der Waals surface area contributed by atoms with Crippen molar-refractivity contribution in [3.05, 3.63) is 89.1 Å². The van der Waals surface area contributed by atoms with Crippen molar-refractivity contribution in [2.24, 2.45) is 0 Å². The summed E-state index contributed by atoms with van der Waals surface area (Å²) in [5.41, 5.74) is 8.43. The number of carbonyl (C=O) groups is 2. The number of allylic oxidation sites excluding steroid dienone is 2. The van der Waals surface area contributed by atoms with Crippen LogP contribution in [-0.4, -0.2) is 41.5 Å². The predicted molar refractivity (Wildman–Crippen MR) is 120 cm³/mol. The fourth-order valence-electron chi connectivity index (χ4n) is 3.01. The first kappa shape index (κ1) is 22.6. The van der Waals surface area contributed by atoms with Gasteiger partial charge in [0.2, 0.25) is 5.91 Å². The maximum Gasteiger partial charge on any atom is 0.345 e. The molecule has 0 radical (unpaired) electrons. The number of rotatable bonds is 8. The van der Waals surface area contributed by atoms with Crippen LogP contribution in [0.15, 0.2) is 72.9 Å². The van der Waals surface area contributed by atoms with Crippen molar-refractivity contribution in [3.63, 3.8) is 0 Å². The van der Waals surface area contributed by atoms with Crippen LogP contribution in [0.1, 0.15) is 18.1 Å². The Morgan fingerprint density at radius 2 is 1.87 bits per heavy atom. The minimum Gasteiger partial charge on any atom is -0.295 e. The Bertz CT molecular complexity index is 962. The highest BCUT2D eigenvalue weighted by molar-refractivity contribution is 6.31. The predicted octanol–water partition coefficient (Wildman–Crippen LogP) is 3.75. The number of hydrazine groups is 1. The first-order chi connectivity index (χ1) is 15.0. The van der Waals surface area contributed by atoms with E-state index in [1.54, 1.807) is 12.3 Å². The largest absolute Gasteiger partial charge is 0.345 e. The summed E-state index contributed by atoms with van der Waals surface area (Å²) in [5, 5.41) is 2.05. The number of hydrogen-bond donors (Lipinski definition) is 2. The van der Waals surface area contributed by atoms with Gasteiger partial charge >= 0.3 is 6.03 Å². The highest BCUT2D eigenvalue weighted by atomic mass is 35.5. The molecule has 2 N–H and O–H groups in total. The molecule has 0 aliphatic carbocycles. The van der Waals surface area contributed by atoms with Crippen LogP contribution < -0.4 is 10.9 Å². The van der Waals surface area contributed by atoms with Gasteiger partial charge < -0.3 is 0 Å². The van der Waals surface area contributed by atoms with E-state index in [0.717, 1.165) is 16.7 Å². The molecule has 0 unspecified atom stereocenters. The minimum absolute atomic E-state index is 0.125. The molecule has 0 saturated heterocycles. The Morgan fingerprint density at radius 1 is 1.13 bits per heavy atom. The van der Waals surface area contributed by atoms with Crippen LogP contribution in [-0.2, 0) is 16.2 Å². The van der Waals surface area contributed by atoms with Crippen molar-refractivity contribution in [2.45, 2.75) is 13.5 Å². The molecule has 31 heavy (non-hydrogen) atoms. The van der Waals surface area contributed by atoms with Crippen LogP contribution in [0.3, 0.4) is 0 Å². The molecule has 1 heterocycles. The summed E-state index contributed by atoms with van der Waals surface area (Å²) in [6, 6.07) is 16.9. The Labute approximate surface area is 186 Å². The molecule has 0 aromatic heterocycles. The molecular weight excluding hydrogens is 416 g/mol. The second-order valence-electron chi connectivity index (χ2n) is 6.88. The SMILES string of the molecule is CC(=O)N(CCONC(=O)N1C=CC=C(c2ccccc2)C1)NCc1ccccc1Cl. The van der Waals surface area contributed by atoms with E-state index in [1.165, 1.54) is 16.8 Å².